The van der Waals surface area contributed by atoms with Gasteiger partial charge in [-0.15, -0.1) is 0 Å². The molecule has 0 aromatic carbocycles. The summed E-state index contributed by atoms with van der Waals surface area (Å²) in [5.74, 6) is 0.264. The number of amides is 2. The highest BCUT2D eigenvalue weighted by Crippen LogP contribution is 2.27. The van der Waals surface area contributed by atoms with Crippen molar-refractivity contribution in [3.63, 3.8) is 0 Å². The number of nitrogens with zero attached hydrogens (tertiary/aromatic N) is 2. The molecule has 2 fully saturated rings. The molecule has 90 valence electrons. The molecule has 2 aliphatic rings. The van der Waals surface area contributed by atoms with Crippen LogP contribution in [-0.2, 0) is 9.59 Å². The molecule has 0 aliphatic carbocycles. The number of carbonyl (C=O) groups excluding carboxylic acids is 2. The lowest BCUT2D eigenvalue weighted by Crippen LogP contribution is -2.66. The first kappa shape index (κ1) is 11.4. The molecular weight excluding hydrogens is 204 g/mol. The Balaban J connectivity index is 2.27. The SMILES string of the molecule is CC(C)N1C(=O)C2CCCCN2C(=O)C1C. The van der Waals surface area contributed by atoms with Gasteiger partial charge in [0.1, 0.15) is 12.1 Å². The number of hydrogen-bond acceptors (Lipinski definition) is 2. The lowest BCUT2D eigenvalue weighted by atomic mass is 9.95. The van der Waals surface area contributed by atoms with Gasteiger partial charge in [-0.25, -0.2) is 0 Å². The lowest BCUT2D eigenvalue weighted by Gasteiger charge is -2.47. The summed E-state index contributed by atoms with van der Waals surface area (Å²) in [4.78, 5) is 28.0. The first-order chi connectivity index (χ1) is 7.54. The van der Waals surface area contributed by atoms with Gasteiger partial charge in [-0.05, 0) is 40.0 Å². The Morgan fingerprint density at radius 3 is 2.50 bits per heavy atom. The standard InChI is InChI=1S/C12H20N2O2/c1-8(2)14-9(3)11(15)13-7-5-4-6-10(13)12(14)16/h8-10H,4-7H2,1-3H3. The van der Waals surface area contributed by atoms with E-state index in [9.17, 15) is 9.59 Å². The summed E-state index contributed by atoms with van der Waals surface area (Å²) in [5, 5.41) is 0. The highest BCUT2D eigenvalue weighted by Gasteiger charge is 2.45. The smallest absolute Gasteiger partial charge is 0.246 e. The fourth-order valence-corrected chi connectivity index (χ4v) is 2.88. The highest BCUT2D eigenvalue weighted by atomic mass is 16.2. The van der Waals surface area contributed by atoms with E-state index < -0.39 is 0 Å². The third kappa shape index (κ3) is 1.60. The van der Waals surface area contributed by atoms with E-state index in [0.717, 1.165) is 25.8 Å². The van der Waals surface area contributed by atoms with Crippen LogP contribution in [0.2, 0.25) is 0 Å². The van der Waals surface area contributed by atoms with Crippen molar-refractivity contribution in [2.45, 2.75) is 58.2 Å². The topological polar surface area (TPSA) is 40.6 Å². The third-order valence-corrected chi connectivity index (χ3v) is 3.66. The minimum Gasteiger partial charge on any atom is -0.329 e. The van der Waals surface area contributed by atoms with Gasteiger partial charge in [0.05, 0.1) is 0 Å². The molecular formula is C12H20N2O2. The Kier molecular flexibility index (Phi) is 2.91. The van der Waals surface area contributed by atoms with Crippen LogP contribution in [0.25, 0.3) is 0 Å². The van der Waals surface area contributed by atoms with Crippen LogP contribution < -0.4 is 0 Å². The molecule has 2 rings (SSSR count). The number of hydrogen-bond donors (Lipinski definition) is 0. The van der Waals surface area contributed by atoms with Crippen molar-refractivity contribution in [1.29, 1.82) is 0 Å². The fourth-order valence-electron chi connectivity index (χ4n) is 2.88. The van der Waals surface area contributed by atoms with E-state index in [1.54, 1.807) is 9.80 Å². The van der Waals surface area contributed by atoms with Gasteiger partial charge in [0.25, 0.3) is 0 Å². The van der Waals surface area contributed by atoms with Crippen LogP contribution in [0.4, 0.5) is 0 Å². The molecule has 0 spiro atoms. The second-order valence-electron chi connectivity index (χ2n) is 5.06. The molecule has 0 N–H and O–H groups in total. The summed E-state index contributed by atoms with van der Waals surface area (Å²) in [5.41, 5.74) is 0. The molecule has 2 unspecified atom stereocenters. The summed E-state index contributed by atoms with van der Waals surface area (Å²) in [7, 11) is 0. The molecule has 4 heteroatoms. The first-order valence-electron chi connectivity index (χ1n) is 6.16. The second kappa shape index (κ2) is 4.07. The van der Waals surface area contributed by atoms with E-state index in [4.69, 9.17) is 0 Å². The summed E-state index contributed by atoms with van der Waals surface area (Å²) in [6.07, 6.45) is 2.92. The predicted octanol–water partition coefficient (Wildman–Crippen LogP) is 1.01. The number of carbonyl (C=O) groups is 2. The highest BCUT2D eigenvalue weighted by molar-refractivity contribution is 5.97. The molecule has 4 nitrogen and oxygen atoms in total. The van der Waals surface area contributed by atoms with Crippen molar-refractivity contribution in [3.8, 4) is 0 Å². The van der Waals surface area contributed by atoms with Crippen molar-refractivity contribution >= 4 is 11.8 Å². The monoisotopic (exact) mass is 224 g/mol. The molecule has 2 amide bonds. The molecule has 2 atom stereocenters. The van der Waals surface area contributed by atoms with E-state index >= 15 is 0 Å². The van der Waals surface area contributed by atoms with E-state index in [0.29, 0.717) is 0 Å². The molecule has 0 aromatic rings. The van der Waals surface area contributed by atoms with Crippen molar-refractivity contribution < 1.29 is 9.59 Å². The predicted molar refractivity (Wildman–Crippen MR) is 60.8 cm³/mol. The number of piperidine rings is 1. The lowest BCUT2D eigenvalue weighted by molar-refractivity contribution is -0.164. The number of fused-ring (bicyclic) bond motifs is 1. The van der Waals surface area contributed by atoms with Gasteiger partial charge in [-0.1, -0.05) is 0 Å². The zero-order chi connectivity index (χ0) is 11.9. The van der Waals surface area contributed by atoms with Crippen LogP contribution in [-0.4, -0.2) is 46.3 Å². The average molecular weight is 224 g/mol. The van der Waals surface area contributed by atoms with Gasteiger partial charge in [0, 0.05) is 12.6 Å². The second-order valence-corrected chi connectivity index (χ2v) is 5.06. The Morgan fingerprint density at radius 1 is 1.19 bits per heavy atom. The van der Waals surface area contributed by atoms with Crippen LogP contribution >= 0.6 is 0 Å². The van der Waals surface area contributed by atoms with Crippen LogP contribution in [0, 0.1) is 0 Å². The quantitative estimate of drug-likeness (QED) is 0.667. The first-order valence-corrected chi connectivity index (χ1v) is 6.16. The van der Waals surface area contributed by atoms with Crippen molar-refractivity contribution in [2.24, 2.45) is 0 Å². The molecule has 2 aliphatic heterocycles. The van der Waals surface area contributed by atoms with Crippen molar-refractivity contribution in [1.82, 2.24) is 9.80 Å². The van der Waals surface area contributed by atoms with E-state index in [2.05, 4.69) is 0 Å². The Hall–Kier alpha value is -1.06. The maximum atomic E-state index is 12.3. The number of piperazine rings is 1. The van der Waals surface area contributed by atoms with Gasteiger partial charge < -0.3 is 9.80 Å². The molecule has 2 heterocycles. The zero-order valence-electron chi connectivity index (χ0n) is 10.3. The Morgan fingerprint density at radius 2 is 1.88 bits per heavy atom. The van der Waals surface area contributed by atoms with Crippen LogP contribution in [0.15, 0.2) is 0 Å². The maximum Gasteiger partial charge on any atom is 0.246 e. The largest absolute Gasteiger partial charge is 0.329 e. The van der Waals surface area contributed by atoms with Gasteiger partial charge in [-0.3, -0.25) is 9.59 Å². The van der Waals surface area contributed by atoms with Crippen LogP contribution in [0.5, 0.6) is 0 Å². The average Bonchev–Trinajstić information content (AvgIpc) is 2.26. The number of rotatable bonds is 1. The van der Waals surface area contributed by atoms with E-state index in [1.165, 1.54) is 0 Å². The summed E-state index contributed by atoms with van der Waals surface area (Å²) in [6.45, 7) is 6.54. The van der Waals surface area contributed by atoms with Crippen LogP contribution in [0.3, 0.4) is 0 Å². The summed E-state index contributed by atoms with van der Waals surface area (Å²) in [6, 6.07) is -0.364. The van der Waals surface area contributed by atoms with Gasteiger partial charge in [-0.2, -0.15) is 0 Å². The fraction of sp³-hybridized carbons (Fsp3) is 0.833. The van der Waals surface area contributed by atoms with Gasteiger partial charge in [0.2, 0.25) is 11.8 Å². The normalized spacial score (nSPS) is 31.0. The third-order valence-electron chi connectivity index (χ3n) is 3.66. The van der Waals surface area contributed by atoms with E-state index in [1.807, 2.05) is 20.8 Å². The van der Waals surface area contributed by atoms with Crippen molar-refractivity contribution in [3.05, 3.63) is 0 Å². The maximum absolute atomic E-state index is 12.3. The van der Waals surface area contributed by atoms with Crippen LogP contribution in [0.1, 0.15) is 40.0 Å². The molecule has 0 bridgehead atoms. The van der Waals surface area contributed by atoms with Gasteiger partial charge in [0.15, 0.2) is 0 Å². The minimum absolute atomic E-state index is 0.107. The molecule has 0 aromatic heterocycles. The van der Waals surface area contributed by atoms with Crippen molar-refractivity contribution in [2.75, 3.05) is 6.54 Å². The van der Waals surface area contributed by atoms with E-state index in [-0.39, 0.29) is 29.9 Å². The molecule has 0 saturated carbocycles. The minimum atomic E-state index is -0.290. The summed E-state index contributed by atoms with van der Waals surface area (Å²) >= 11 is 0. The molecule has 16 heavy (non-hydrogen) atoms. The molecule has 2 saturated heterocycles. The van der Waals surface area contributed by atoms with Gasteiger partial charge >= 0.3 is 0 Å². The summed E-state index contributed by atoms with van der Waals surface area (Å²) < 4.78 is 0. The Labute approximate surface area is 96.6 Å². The Bertz CT molecular complexity index is 314. The molecule has 0 radical (unpaired) electrons. The zero-order valence-corrected chi connectivity index (χ0v) is 10.3.